The van der Waals surface area contributed by atoms with Crippen molar-refractivity contribution in [3.05, 3.63) is 95.3 Å². The van der Waals surface area contributed by atoms with Crippen molar-refractivity contribution in [2.45, 2.75) is 19.1 Å². The van der Waals surface area contributed by atoms with Gasteiger partial charge in [-0.15, -0.1) is 0 Å². The topological polar surface area (TPSA) is 67.3 Å². The SMILES string of the molecule is CCOc1cccc(C2C=C(c3ccc(OC)cc3)NC(c3ccccc3F)[NH2+]2)c1O. The Hall–Kier alpha value is -3.51. The summed E-state index contributed by atoms with van der Waals surface area (Å²) in [6, 6.07) is 19.6. The Bertz CT molecular complexity index is 1080. The molecule has 3 aromatic rings. The minimum absolute atomic E-state index is 0.102. The van der Waals surface area contributed by atoms with Crippen LogP contribution in [0.5, 0.6) is 17.2 Å². The van der Waals surface area contributed by atoms with E-state index in [1.807, 2.05) is 60.8 Å². The summed E-state index contributed by atoms with van der Waals surface area (Å²) in [5.74, 6) is 1.02. The molecule has 1 heterocycles. The first kappa shape index (κ1) is 20.8. The third-order valence-corrected chi connectivity index (χ3v) is 5.39. The number of quaternary nitrogens is 1. The number of phenols is 1. The highest BCUT2D eigenvalue weighted by atomic mass is 19.1. The molecule has 2 unspecified atom stereocenters. The van der Waals surface area contributed by atoms with E-state index < -0.39 is 0 Å². The molecule has 5 nitrogen and oxygen atoms in total. The molecule has 0 radical (unpaired) electrons. The first-order chi connectivity index (χ1) is 15.1. The van der Waals surface area contributed by atoms with Gasteiger partial charge in [0.25, 0.3) is 0 Å². The summed E-state index contributed by atoms with van der Waals surface area (Å²) in [6.07, 6.45) is 1.66. The van der Waals surface area contributed by atoms with E-state index in [0.29, 0.717) is 23.5 Å². The molecule has 4 N–H and O–H groups in total. The Balaban J connectivity index is 1.77. The van der Waals surface area contributed by atoms with Crippen LogP contribution in [0.1, 0.15) is 35.8 Å². The standard InChI is InChI=1S/C25H25FN2O3/c1-3-31-23-10-6-8-19(24(23)29)22-15-21(16-11-13-17(30-2)14-12-16)27-25(28-22)18-7-4-5-9-20(18)26/h4-15,22,25,27-29H,3H2,1-2H3/p+1. The van der Waals surface area contributed by atoms with Crippen LogP contribution < -0.4 is 20.1 Å². The van der Waals surface area contributed by atoms with Gasteiger partial charge in [0.1, 0.15) is 17.6 Å². The molecule has 6 heteroatoms. The molecule has 160 valence electrons. The lowest BCUT2D eigenvalue weighted by molar-refractivity contribution is -0.731. The van der Waals surface area contributed by atoms with Crippen molar-refractivity contribution in [2.24, 2.45) is 0 Å². The van der Waals surface area contributed by atoms with Crippen molar-refractivity contribution in [3.63, 3.8) is 0 Å². The van der Waals surface area contributed by atoms with Gasteiger partial charge < -0.3 is 25.2 Å². The lowest BCUT2D eigenvalue weighted by atomic mass is 9.97. The van der Waals surface area contributed by atoms with Gasteiger partial charge in [-0.05, 0) is 61.0 Å². The molecule has 4 rings (SSSR count). The molecule has 1 aliphatic rings. The number of para-hydroxylation sites is 1. The Labute approximate surface area is 181 Å². The summed E-state index contributed by atoms with van der Waals surface area (Å²) >= 11 is 0. The molecular formula is C25H26FN2O3+. The Morgan fingerprint density at radius 1 is 1.00 bits per heavy atom. The third-order valence-electron chi connectivity index (χ3n) is 5.39. The van der Waals surface area contributed by atoms with E-state index in [2.05, 4.69) is 5.32 Å². The summed E-state index contributed by atoms with van der Waals surface area (Å²) in [5, 5.41) is 16.3. The summed E-state index contributed by atoms with van der Waals surface area (Å²) in [7, 11) is 1.63. The molecule has 0 bridgehead atoms. The number of hydrogen-bond acceptors (Lipinski definition) is 4. The summed E-state index contributed by atoms with van der Waals surface area (Å²) in [4.78, 5) is 0. The van der Waals surface area contributed by atoms with Crippen LogP contribution >= 0.6 is 0 Å². The number of nitrogens with two attached hydrogens (primary N) is 1. The second-order valence-corrected chi connectivity index (χ2v) is 7.30. The predicted octanol–water partition coefficient (Wildman–Crippen LogP) is 3.89. The van der Waals surface area contributed by atoms with Crippen LogP contribution in [-0.4, -0.2) is 18.8 Å². The van der Waals surface area contributed by atoms with Gasteiger partial charge in [0.2, 0.25) is 0 Å². The summed E-state index contributed by atoms with van der Waals surface area (Å²) in [5.41, 5.74) is 3.05. The van der Waals surface area contributed by atoms with Gasteiger partial charge in [-0.1, -0.05) is 18.2 Å². The molecular weight excluding hydrogens is 395 g/mol. The normalized spacial score (nSPS) is 18.1. The molecule has 0 spiro atoms. The average Bonchev–Trinajstić information content (AvgIpc) is 2.80. The molecule has 2 atom stereocenters. The van der Waals surface area contributed by atoms with Crippen molar-refractivity contribution in [1.29, 1.82) is 0 Å². The number of phenolic OH excluding ortho intramolecular Hbond substituents is 1. The highest BCUT2D eigenvalue weighted by molar-refractivity contribution is 5.66. The fraction of sp³-hybridized carbons (Fsp3) is 0.200. The quantitative estimate of drug-likeness (QED) is 0.565. The predicted molar refractivity (Wildman–Crippen MR) is 117 cm³/mol. The molecule has 0 aromatic heterocycles. The third kappa shape index (κ3) is 4.34. The fourth-order valence-electron chi connectivity index (χ4n) is 3.84. The van der Waals surface area contributed by atoms with Crippen LogP contribution in [-0.2, 0) is 0 Å². The van der Waals surface area contributed by atoms with Gasteiger partial charge in [-0.25, -0.2) is 4.39 Å². The second-order valence-electron chi connectivity index (χ2n) is 7.30. The number of benzene rings is 3. The van der Waals surface area contributed by atoms with Gasteiger partial charge in [0.15, 0.2) is 17.7 Å². The second kappa shape index (κ2) is 9.10. The van der Waals surface area contributed by atoms with E-state index in [1.54, 1.807) is 25.3 Å². The van der Waals surface area contributed by atoms with Crippen LogP contribution in [0.4, 0.5) is 4.39 Å². The number of hydrogen-bond donors (Lipinski definition) is 3. The first-order valence-electron chi connectivity index (χ1n) is 10.3. The van der Waals surface area contributed by atoms with Crippen molar-refractivity contribution in [3.8, 4) is 17.2 Å². The molecule has 0 saturated carbocycles. The minimum atomic E-state index is -0.372. The van der Waals surface area contributed by atoms with Gasteiger partial charge in [0.05, 0.1) is 24.8 Å². The van der Waals surface area contributed by atoms with E-state index in [1.165, 1.54) is 6.07 Å². The maximum absolute atomic E-state index is 14.6. The molecule has 0 amide bonds. The van der Waals surface area contributed by atoms with Gasteiger partial charge >= 0.3 is 0 Å². The van der Waals surface area contributed by atoms with Crippen molar-refractivity contribution in [2.75, 3.05) is 13.7 Å². The fourth-order valence-corrected chi connectivity index (χ4v) is 3.84. The van der Waals surface area contributed by atoms with Crippen molar-refractivity contribution in [1.82, 2.24) is 5.32 Å². The van der Waals surface area contributed by atoms with Crippen LogP contribution in [0.2, 0.25) is 0 Å². The zero-order chi connectivity index (χ0) is 21.8. The molecule has 0 aliphatic carbocycles. The van der Waals surface area contributed by atoms with Crippen molar-refractivity contribution >= 4 is 5.70 Å². The van der Waals surface area contributed by atoms with Gasteiger partial charge in [-0.3, -0.25) is 0 Å². The van der Waals surface area contributed by atoms with Gasteiger partial charge in [-0.2, -0.15) is 0 Å². The minimum Gasteiger partial charge on any atom is -0.504 e. The lowest BCUT2D eigenvalue weighted by Crippen LogP contribution is -2.90. The zero-order valence-electron chi connectivity index (χ0n) is 17.5. The van der Waals surface area contributed by atoms with Crippen molar-refractivity contribution < 1.29 is 24.3 Å². The van der Waals surface area contributed by atoms with E-state index in [9.17, 15) is 9.50 Å². The van der Waals surface area contributed by atoms with Crippen LogP contribution in [0.3, 0.4) is 0 Å². The van der Waals surface area contributed by atoms with E-state index in [4.69, 9.17) is 9.47 Å². The number of rotatable bonds is 6. The number of methoxy groups -OCH3 is 1. The number of ether oxygens (including phenoxy) is 2. The monoisotopic (exact) mass is 421 g/mol. The van der Waals surface area contributed by atoms with Crippen LogP contribution in [0.25, 0.3) is 5.70 Å². The maximum Gasteiger partial charge on any atom is 0.189 e. The number of nitrogens with one attached hydrogen (secondary N) is 1. The van der Waals surface area contributed by atoms with E-state index in [0.717, 1.165) is 17.0 Å². The molecule has 0 fully saturated rings. The summed E-state index contributed by atoms with van der Waals surface area (Å²) in [6.45, 7) is 2.33. The Kier molecular flexibility index (Phi) is 6.09. The molecule has 1 aliphatic heterocycles. The number of aromatic hydroxyl groups is 1. The Morgan fingerprint density at radius 2 is 1.74 bits per heavy atom. The molecule has 31 heavy (non-hydrogen) atoms. The van der Waals surface area contributed by atoms with Crippen LogP contribution in [0, 0.1) is 5.82 Å². The highest BCUT2D eigenvalue weighted by Crippen LogP contribution is 2.35. The first-order valence-corrected chi connectivity index (χ1v) is 10.3. The van der Waals surface area contributed by atoms with E-state index >= 15 is 0 Å². The lowest BCUT2D eigenvalue weighted by Gasteiger charge is -2.30. The maximum atomic E-state index is 14.6. The largest absolute Gasteiger partial charge is 0.504 e. The van der Waals surface area contributed by atoms with Gasteiger partial charge in [0, 0.05) is 11.8 Å². The smallest absolute Gasteiger partial charge is 0.189 e. The number of halogens is 1. The molecule has 0 saturated heterocycles. The van der Waals surface area contributed by atoms with E-state index in [-0.39, 0.29) is 23.8 Å². The zero-order valence-corrected chi connectivity index (χ0v) is 17.5. The summed E-state index contributed by atoms with van der Waals surface area (Å²) < 4.78 is 25.4. The molecule has 3 aromatic carbocycles. The average molecular weight is 421 g/mol. The Morgan fingerprint density at radius 3 is 2.45 bits per heavy atom. The van der Waals surface area contributed by atoms with Crippen LogP contribution in [0.15, 0.2) is 72.8 Å². The highest BCUT2D eigenvalue weighted by Gasteiger charge is 2.31.